The van der Waals surface area contributed by atoms with Gasteiger partial charge in [-0.15, -0.1) is 0 Å². The fraction of sp³-hybridized carbons (Fsp3) is 0.432. The number of ether oxygens (including phenoxy) is 2. The molecule has 3 N–H and O–H groups in total. The van der Waals surface area contributed by atoms with E-state index >= 15 is 0 Å². The summed E-state index contributed by atoms with van der Waals surface area (Å²) < 4.78 is 12.7. The first-order valence-electron chi connectivity index (χ1n) is 16.4. The molecular formula is C37H48N4O6. The lowest BCUT2D eigenvalue weighted by atomic mass is 10.0. The smallest absolute Gasteiger partial charge is 0.323 e. The van der Waals surface area contributed by atoms with E-state index in [1.54, 1.807) is 54.1 Å². The third-order valence-electron chi connectivity index (χ3n) is 8.42. The highest BCUT2D eigenvalue weighted by Gasteiger charge is 2.31. The summed E-state index contributed by atoms with van der Waals surface area (Å²) >= 11 is 0. The molecule has 1 aliphatic rings. The number of likely N-dealkylation sites (N-methyl/N-ethyl adjacent to an activating group) is 1. The molecule has 252 valence electrons. The van der Waals surface area contributed by atoms with Gasteiger partial charge in [0.05, 0.1) is 36.8 Å². The van der Waals surface area contributed by atoms with Gasteiger partial charge in [-0.25, -0.2) is 4.79 Å². The van der Waals surface area contributed by atoms with Gasteiger partial charge in [-0.05, 0) is 69.0 Å². The van der Waals surface area contributed by atoms with Gasteiger partial charge in [0.1, 0.15) is 5.75 Å². The molecule has 0 radical (unpaired) electrons. The Morgan fingerprint density at radius 2 is 1.66 bits per heavy atom. The molecule has 4 atom stereocenters. The Kier molecular flexibility index (Phi) is 13.2. The van der Waals surface area contributed by atoms with Gasteiger partial charge in [0, 0.05) is 44.0 Å². The van der Waals surface area contributed by atoms with Crippen LogP contribution in [-0.2, 0) is 16.0 Å². The first kappa shape index (κ1) is 35.4. The van der Waals surface area contributed by atoms with Crippen molar-refractivity contribution in [1.29, 1.82) is 0 Å². The second-order valence-electron chi connectivity index (χ2n) is 12.4. The largest absolute Gasteiger partial charge is 0.490 e. The van der Waals surface area contributed by atoms with Crippen molar-refractivity contribution in [2.45, 2.75) is 64.7 Å². The summed E-state index contributed by atoms with van der Waals surface area (Å²) in [5, 5.41) is 15.8. The van der Waals surface area contributed by atoms with Crippen molar-refractivity contribution in [1.82, 2.24) is 9.80 Å². The molecule has 3 aromatic carbocycles. The van der Waals surface area contributed by atoms with E-state index in [2.05, 4.69) is 10.6 Å². The van der Waals surface area contributed by atoms with Crippen LogP contribution in [0.3, 0.4) is 0 Å². The highest BCUT2D eigenvalue weighted by molar-refractivity contribution is 6.02. The number of carbonyl (C=O) groups excluding carboxylic acids is 3. The zero-order valence-corrected chi connectivity index (χ0v) is 27.9. The van der Waals surface area contributed by atoms with Crippen molar-refractivity contribution in [2.75, 3.05) is 44.0 Å². The van der Waals surface area contributed by atoms with Crippen LogP contribution in [-0.4, -0.2) is 84.4 Å². The number of rotatable bonds is 8. The molecule has 3 aromatic rings. The van der Waals surface area contributed by atoms with Gasteiger partial charge in [0.15, 0.2) is 0 Å². The van der Waals surface area contributed by atoms with Crippen molar-refractivity contribution >= 4 is 29.2 Å². The zero-order valence-electron chi connectivity index (χ0n) is 27.9. The Bertz CT molecular complexity index is 1450. The number of nitrogens with zero attached hydrogens (tertiary/aromatic N) is 2. The monoisotopic (exact) mass is 644 g/mol. The van der Waals surface area contributed by atoms with Gasteiger partial charge < -0.3 is 35.0 Å². The van der Waals surface area contributed by atoms with E-state index in [1.165, 1.54) is 0 Å². The van der Waals surface area contributed by atoms with Gasteiger partial charge in [0.2, 0.25) is 5.91 Å². The topological polar surface area (TPSA) is 120 Å². The predicted octanol–water partition coefficient (Wildman–Crippen LogP) is 5.83. The van der Waals surface area contributed by atoms with Crippen LogP contribution in [0.15, 0.2) is 78.9 Å². The highest BCUT2D eigenvalue weighted by atomic mass is 16.5. The molecule has 4 rings (SSSR count). The molecule has 0 unspecified atom stereocenters. The van der Waals surface area contributed by atoms with Crippen molar-refractivity contribution in [3.63, 3.8) is 0 Å². The minimum Gasteiger partial charge on any atom is -0.490 e. The average Bonchev–Trinajstić information content (AvgIpc) is 3.06. The SMILES string of the molecule is C[C@@H]1CCCCO[C@H](CN(C)C(=O)Cc2ccccc2)[C@@H](C)CN([C@@H](C)CO)C(=O)c2cc(NC(=O)Nc3ccccc3)ccc2O1. The van der Waals surface area contributed by atoms with Crippen LogP contribution >= 0.6 is 0 Å². The third-order valence-corrected chi connectivity index (χ3v) is 8.42. The van der Waals surface area contributed by atoms with Crippen LogP contribution in [0, 0.1) is 5.92 Å². The molecule has 0 aromatic heterocycles. The molecule has 0 bridgehead atoms. The Balaban J connectivity index is 1.58. The quantitative estimate of drug-likeness (QED) is 0.284. The summed E-state index contributed by atoms with van der Waals surface area (Å²) in [6, 6.07) is 22.8. The van der Waals surface area contributed by atoms with Gasteiger partial charge in [-0.1, -0.05) is 55.5 Å². The average molecular weight is 645 g/mol. The minimum atomic E-state index is -0.515. The second kappa shape index (κ2) is 17.5. The number of para-hydroxylation sites is 1. The van der Waals surface area contributed by atoms with Crippen LogP contribution in [0.5, 0.6) is 5.75 Å². The molecule has 10 heteroatoms. The number of benzene rings is 3. The van der Waals surface area contributed by atoms with Crippen molar-refractivity contribution in [3.8, 4) is 5.75 Å². The van der Waals surface area contributed by atoms with E-state index in [4.69, 9.17) is 9.47 Å². The molecule has 10 nitrogen and oxygen atoms in total. The Labute approximate surface area is 278 Å². The van der Waals surface area contributed by atoms with Crippen molar-refractivity contribution in [3.05, 3.63) is 90.0 Å². The van der Waals surface area contributed by atoms with Crippen LogP contribution in [0.2, 0.25) is 0 Å². The summed E-state index contributed by atoms with van der Waals surface area (Å²) in [5.41, 5.74) is 2.29. The van der Waals surface area contributed by atoms with Crippen LogP contribution in [0.1, 0.15) is 56.0 Å². The maximum absolute atomic E-state index is 14.3. The number of hydrogen-bond donors (Lipinski definition) is 3. The van der Waals surface area contributed by atoms with Crippen LogP contribution in [0.4, 0.5) is 16.2 Å². The van der Waals surface area contributed by atoms with Crippen molar-refractivity contribution < 1.29 is 29.0 Å². The molecule has 0 fully saturated rings. The summed E-state index contributed by atoms with van der Waals surface area (Å²) in [6.07, 6.45) is 2.21. The Hall–Kier alpha value is -4.41. The van der Waals surface area contributed by atoms with Gasteiger partial charge in [-0.3, -0.25) is 9.59 Å². The van der Waals surface area contributed by atoms with Gasteiger partial charge in [-0.2, -0.15) is 0 Å². The van der Waals surface area contributed by atoms with Crippen LogP contribution in [0.25, 0.3) is 0 Å². The molecule has 47 heavy (non-hydrogen) atoms. The molecule has 0 saturated heterocycles. The second-order valence-corrected chi connectivity index (χ2v) is 12.4. The van der Waals surface area contributed by atoms with E-state index in [9.17, 15) is 19.5 Å². The molecule has 4 amide bonds. The van der Waals surface area contributed by atoms with Crippen molar-refractivity contribution in [2.24, 2.45) is 5.92 Å². The van der Waals surface area contributed by atoms with Crippen LogP contribution < -0.4 is 15.4 Å². The maximum Gasteiger partial charge on any atom is 0.323 e. The fourth-order valence-electron chi connectivity index (χ4n) is 5.56. The number of amides is 4. The van der Waals surface area contributed by atoms with E-state index in [-0.39, 0.29) is 48.7 Å². The summed E-state index contributed by atoms with van der Waals surface area (Å²) in [7, 11) is 1.78. The van der Waals surface area contributed by atoms with Gasteiger partial charge >= 0.3 is 6.03 Å². The van der Waals surface area contributed by atoms with E-state index < -0.39 is 12.1 Å². The number of carbonyl (C=O) groups is 3. The third kappa shape index (κ3) is 10.6. The number of urea groups is 1. The summed E-state index contributed by atoms with van der Waals surface area (Å²) in [5.74, 6) is -0.115. The number of hydrogen-bond acceptors (Lipinski definition) is 6. The lowest BCUT2D eigenvalue weighted by molar-refractivity contribution is -0.131. The standard InChI is InChI=1S/C37H48N4O6/c1-26-23-41(27(2)25-42)36(44)32-22-31(39-37(45)38-30-16-9-6-10-17-30)18-19-33(32)47-28(3)13-11-12-20-46-34(26)24-40(4)35(43)21-29-14-7-5-8-15-29/h5-10,14-19,22,26-28,34,42H,11-13,20-21,23-25H2,1-4H3,(H2,38,39,45)/t26-,27-,28+,34+/m0/s1. The maximum atomic E-state index is 14.3. The highest BCUT2D eigenvalue weighted by Crippen LogP contribution is 2.28. The first-order valence-corrected chi connectivity index (χ1v) is 16.4. The van der Waals surface area contributed by atoms with E-state index in [0.29, 0.717) is 36.7 Å². The lowest BCUT2D eigenvalue weighted by Crippen LogP contribution is -2.48. The lowest BCUT2D eigenvalue weighted by Gasteiger charge is -2.36. The van der Waals surface area contributed by atoms with E-state index in [1.807, 2.05) is 62.4 Å². The molecule has 1 aliphatic heterocycles. The zero-order chi connectivity index (χ0) is 33.8. The Morgan fingerprint density at radius 1 is 0.979 bits per heavy atom. The summed E-state index contributed by atoms with van der Waals surface area (Å²) in [6.45, 7) is 6.66. The molecule has 1 heterocycles. The number of fused-ring (bicyclic) bond motifs is 1. The molecular weight excluding hydrogens is 596 g/mol. The number of anilines is 2. The Morgan fingerprint density at radius 3 is 2.36 bits per heavy atom. The fourth-order valence-corrected chi connectivity index (χ4v) is 5.56. The number of aliphatic hydroxyl groups is 1. The van der Waals surface area contributed by atoms with E-state index in [0.717, 1.165) is 24.8 Å². The number of aliphatic hydroxyl groups excluding tert-OH is 1. The number of nitrogens with one attached hydrogen (secondary N) is 2. The molecule has 0 spiro atoms. The normalized spacial score (nSPS) is 19.8. The van der Waals surface area contributed by atoms with Gasteiger partial charge in [0.25, 0.3) is 5.91 Å². The minimum absolute atomic E-state index is 0.0145. The predicted molar refractivity (Wildman–Crippen MR) is 184 cm³/mol. The first-order chi connectivity index (χ1) is 22.6. The molecule has 0 saturated carbocycles. The molecule has 0 aliphatic carbocycles. The summed E-state index contributed by atoms with van der Waals surface area (Å²) in [4.78, 5) is 43.6.